The van der Waals surface area contributed by atoms with Crippen LogP contribution in [0.5, 0.6) is 0 Å². The highest BCUT2D eigenvalue weighted by Gasteiger charge is 2.38. The van der Waals surface area contributed by atoms with Crippen molar-refractivity contribution in [1.29, 1.82) is 0 Å². The Kier molecular flexibility index (Phi) is 12.7. The molecule has 3 aromatic rings. The number of hydrogen-bond donors (Lipinski definition) is 2. The number of carbonyl (C=O) groups excluding carboxylic acids is 3. The van der Waals surface area contributed by atoms with Crippen molar-refractivity contribution >= 4 is 35.3 Å². The molecule has 2 amide bonds. The number of piperidine rings is 3. The minimum absolute atomic E-state index is 0.0491. The van der Waals surface area contributed by atoms with Crippen molar-refractivity contribution < 1.29 is 37.0 Å². The molecule has 1 aromatic heterocycles. The number of H-pyrrole nitrogens is 1. The van der Waals surface area contributed by atoms with Gasteiger partial charge in [0.2, 0.25) is 0 Å². The number of ether oxygens (including phenoxy) is 2. The van der Waals surface area contributed by atoms with Gasteiger partial charge in [0, 0.05) is 38.2 Å². The predicted molar refractivity (Wildman–Crippen MR) is 198 cm³/mol. The molecule has 6 rings (SSSR count). The van der Waals surface area contributed by atoms with Crippen molar-refractivity contribution in [3.05, 3.63) is 69.1 Å². The number of esters is 1. The molecule has 0 saturated carbocycles. The molecule has 2 aromatic carbocycles. The second-order valence-corrected chi connectivity index (χ2v) is 14.9. The number of nitrogens with two attached hydrogens (primary N) is 1. The van der Waals surface area contributed by atoms with Gasteiger partial charge in [-0.15, -0.1) is 5.10 Å². The Morgan fingerprint density at radius 2 is 1.56 bits per heavy atom. The van der Waals surface area contributed by atoms with Gasteiger partial charge < -0.3 is 25.0 Å². The first-order chi connectivity index (χ1) is 26.3. The number of amides is 2. The van der Waals surface area contributed by atoms with Gasteiger partial charge in [-0.3, -0.25) is 19.5 Å². The van der Waals surface area contributed by atoms with Crippen LogP contribution in [0.3, 0.4) is 0 Å². The summed E-state index contributed by atoms with van der Waals surface area (Å²) in [5, 5.41) is 4.16. The second kappa shape index (κ2) is 17.5. The lowest BCUT2D eigenvalue weighted by Crippen LogP contribution is -2.49. The Morgan fingerprint density at radius 1 is 0.945 bits per heavy atom. The van der Waals surface area contributed by atoms with Gasteiger partial charge in [0.05, 0.1) is 35.5 Å². The first kappa shape index (κ1) is 40.1. The zero-order valence-electron chi connectivity index (χ0n) is 30.7. The third kappa shape index (κ3) is 9.82. The minimum Gasteiger partial charge on any atom is -0.465 e. The molecule has 55 heavy (non-hydrogen) atoms. The number of nitrogens with zero attached hydrogens (tertiary/aromatic N) is 5. The van der Waals surface area contributed by atoms with Crippen LogP contribution in [0.25, 0.3) is 11.4 Å². The smallest absolute Gasteiger partial charge is 0.418 e. The number of halogens is 4. The van der Waals surface area contributed by atoms with Crippen LogP contribution in [0.2, 0.25) is 5.02 Å². The number of anilines is 1. The number of rotatable bonds is 10. The number of alkyl halides is 3. The quantitative estimate of drug-likeness (QED) is 0.203. The first-order valence-corrected chi connectivity index (χ1v) is 19.2. The maximum Gasteiger partial charge on any atom is 0.418 e. The number of carbonyl (C=O) groups is 3. The molecule has 0 bridgehead atoms. The highest BCUT2D eigenvalue weighted by atomic mass is 35.5. The summed E-state index contributed by atoms with van der Waals surface area (Å²) in [5.41, 5.74) is 4.35. The van der Waals surface area contributed by atoms with Crippen LogP contribution in [0.4, 0.5) is 23.7 Å². The minimum atomic E-state index is -4.79. The van der Waals surface area contributed by atoms with E-state index in [1.54, 1.807) is 11.8 Å². The van der Waals surface area contributed by atoms with E-state index in [4.69, 9.17) is 26.8 Å². The van der Waals surface area contributed by atoms with Gasteiger partial charge in [0.15, 0.2) is 11.9 Å². The van der Waals surface area contributed by atoms with Gasteiger partial charge in [-0.05, 0) is 88.1 Å². The van der Waals surface area contributed by atoms with E-state index in [1.165, 1.54) is 15.6 Å². The zero-order valence-corrected chi connectivity index (χ0v) is 31.5. The van der Waals surface area contributed by atoms with Gasteiger partial charge in [-0.25, -0.2) is 14.3 Å². The summed E-state index contributed by atoms with van der Waals surface area (Å²) in [6, 6.07) is 11.0. The normalized spacial score (nSPS) is 18.6. The Bertz CT molecular complexity index is 1870. The fourth-order valence-electron chi connectivity index (χ4n) is 7.99. The zero-order chi connectivity index (χ0) is 39.3. The number of aromatic nitrogens is 3. The van der Waals surface area contributed by atoms with Crippen molar-refractivity contribution in [2.45, 2.75) is 70.2 Å². The lowest BCUT2D eigenvalue weighted by Gasteiger charge is -2.40. The van der Waals surface area contributed by atoms with Gasteiger partial charge >= 0.3 is 23.9 Å². The second-order valence-electron chi connectivity index (χ2n) is 14.5. The maximum atomic E-state index is 14.1. The van der Waals surface area contributed by atoms with Crippen molar-refractivity contribution in [2.24, 2.45) is 11.8 Å². The Hall–Kier alpha value is -4.57. The van der Waals surface area contributed by atoms with Crippen LogP contribution >= 0.6 is 11.6 Å². The van der Waals surface area contributed by atoms with Gasteiger partial charge in [0.1, 0.15) is 0 Å². The largest absolute Gasteiger partial charge is 0.465 e. The van der Waals surface area contributed by atoms with Crippen LogP contribution in [0.15, 0.2) is 47.3 Å². The molecule has 0 aliphatic carbocycles. The maximum absolute atomic E-state index is 14.1. The number of aromatic amines is 1. The standard InChI is InChI=1S/C38H47ClF3N7O6/c1-2-54-32(50)23-46-14-8-25(9-15-46)26-10-16-47(17-11-26)35(51)31(22-24-20-29(38(40,41)42)33(43)30(39)21-24)55-37(53)48-18-12-28(13-19-48)49-36(52)44-34(45-49)27-6-4-3-5-7-27/h3-7,20-21,25-26,28,31H,2,8-19,22-23,43H2,1H3,(H,44,45,52)/t31-/m1/s1. The molecule has 0 radical (unpaired) electrons. The van der Waals surface area contributed by atoms with E-state index < -0.39 is 35.5 Å². The summed E-state index contributed by atoms with van der Waals surface area (Å²) in [4.78, 5) is 60.3. The van der Waals surface area contributed by atoms with Crippen molar-refractivity contribution in [3.63, 3.8) is 0 Å². The van der Waals surface area contributed by atoms with Crippen LogP contribution in [0.1, 0.15) is 62.6 Å². The molecule has 4 heterocycles. The third-order valence-electron chi connectivity index (χ3n) is 11.0. The van der Waals surface area contributed by atoms with E-state index in [0.717, 1.165) is 50.4 Å². The fraction of sp³-hybridized carbons (Fsp3) is 0.553. The molecule has 3 saturated heterocycles. The molecule has 13 nitrogen and oxygen atoms in total. The predicted octanol–water partition coefficient (Wildman–Crippen LogP) is 5.39. The van der Waals surface area contributed by atoms with Gasteiger partial charge in [-0.1, -0.05) is 41.9 Å². The highest BCUT2D eigenvalue weighted by molar-refractivity contribution is 6.33. The molecule has 3 aliphatic rings. The molecular formula is C38H47ClF3N7O6. The van der Waals surface area contributed by atoms with Crippen LogP contribution < -0.4 is 11.4 Å². The molecule has 17 heteroatoms. The van der Waals surface area contributed by atoms with E-state index in [1.807, 2.05) is 30.3 Å². The lowest BCUT2D eigenvalue weighted by atomic mass is 9.78. The molecule has 0 spiro atoms. The number of likely N-dealkylation sites (tertiary alicyclic amines) is 3. The summed E-state index contributed by atoms with van der Waals surface area (Å²) in [6.45, 7) is 5.21. The molecule has 3 aliphatic heterocycles. The number of nitrogens with one attached hydrogen (secondary N) is 1. The lowest BCUT2D eigenvalue weighted by molar-refractivity contribution is -0.144. The monoisotopic (exact) mass is 789 g/mol. The van der Waals surface area contributed by atoms with Crippen molar-refractivity contribution in [1.82, 2.24) is 29.5 Å². The average molecular weight is 790 g/mol. The molecule has 3 fully saturated rings. The van der Waals surface area contributed by atoms with Gasteiger partial charge in [-0.2, -0.15) is 13.2 Å². The third-order valence-corrected chi connectivity index (χ3v) is 11.3. The van der Waals surface area contributed by atoms with Gasteiger partial charge in [0.25, 0.3) is 5.91 Å². The molecular weight excluding hydrogens is 743 g/mol. The summed E-state index contributed by atoms with van der Waals surface area (Å²) < 4.78 is 53.9. The molecule has 0 unspecified atom stereocenters. The summed E-state index contributed by atoms with van der Waals surface area (Å²) in [7, 11) is 0. The summed E-state index contributed by atoms with van der Waals surface area (Å²) >= 11 is 6.12. The topological polar surface area (TPSA) is 156 Å². The van der Waals surface area contributed by atoms with Crippen LogP contribution in [-0.2, 0) is 31.7 Å². The molecule has 1 atom stereocenters. The Balaban J connectivity index is 1.10. The Morgan fingerprint density at radius 3 is 2.18 bits per heavy atom. The Labute approximate surface area is 321 Å². The summed E-state index contributed by atoms with van der Waals surface area (Å²) in [5.74, 6) is 0.515. The fourth-order valence-corrected chi connectivity index (χ4v) is 8.23. The number of benzene rings is 2. The highest BCUT2D eigenvalue weighted by Crippen LogP contribution is 2.38. The van der Waals surface area contributed by atoms with E-state index in [9.17, 15) is 32.3 Å². The first-order valence-electron chi connectivity index (χ1n) is 18.8. The SMILES string of the molecule is CCOC(=O)CN1CCC(C2CCN(C(=O)[C@@H](Cc3cc(Cl)c(N)c(C(F)(F)F)c3)OC(=O)N3CCC(n4nc(-c5ccccc5)[nH]c4=O)CC3)CC2)CC1. The van der Waals surface area contributed by atoms with Crippen LogP contribution in [0, 0.1) is 11.8 Å². The van der Waals surface area contributed by atoms with Crippen LogP contribution in [-0.4, -0.2) is 106 Å². The van der Waals surface area contributed by atoms with E-state index >= 15 is 0 Å². The summed E-state index contributed by atoms with van der Waals surface area (Å²) in [6.07, 6.45) is -3.23. The van der Waals surface area contributed by atoms with Crippen molar-refractivity contribution in [2.75, 3.05) is 58.2 Å². The van der Waals surface area contributed by atoms with E-state index in [0.29, 0.717) is 50.2 Å². The molecule has 298 valence electrons. The number of hydrogen-bond acceptors (Lipinski definition) is 9. The van der Waals surface area contributed by atoms with E-state index in [-0.39, 0.29) is 54.3 Å². The van der Waals surface area contributed by atoms with Crippen molar-refractivity contribution in [3.8, 4) is 11.4 Å². The van der Waals surface area contributed by atoms with E-state index in [2.05, 4.69) is 15.0 Å². The average Bonchev–Trinajstić information content (AvgIpc) is 3.57. The molecule has 3 N–H and O–H groups in total. The number of nitrogen functional groups attached to an aromatic ring is 1.